The quantitative estimate of drug-likeness (QED) is 0.543. The van der Waals surface area contributed by atoms with Crippen molar-refractivity contribution in [3.8, 4) is 0 Å². The molecule has 7 heteroatoms. The number of hydrogen-bond donors (Lipinski definition) is 4. The Morgan fingerprint density at radius 2 is 1.83 bits per heavy atom. The number of carbonyl (C=O) groups is 2. The van der Waals surface area contributed by atoms with Crippen LogP contribution in [0.25, 0.3) is 0 Å². The number of aliphatic hydroxyl groups is 1. The second-order valence-electron chi connectivity index (χ2n) is 6.71. The number of urea groups is 1. The number of rotatable bonds is 6. The van der Waals surface area contributed by atoms with Gasteiger partial charge < -0.3 is 20.8 Å². The van der Waals surface area contributed by atoms with E-state index in [1.165, 1.54) is 0 Å². The predicted molar refractivity (Wildman–Crippen MR) is 86.2 cm³/mol. The maximum atomic E-state index is 12.1. The second-order valence-corrected chi connectivity index (χ2v) is 6.71. The molecule has 2 aliphatic rings. The molecule has 0 bridgehead atoms. The minimum absolute atomic E-state index is 0.0499. The van der Waals surface area contributed by atoms with Gasteiger partial charge in [-0.15, -0.1) is 0 Å². The Morgan fingerprint density at radius 1 is 1.13 bits per heavy atom. The molecule has 2 atom stereocenters. The molecule has 2 aliphatic carbocycles. The van der Waals surface area contributed by atoms with Gasteiger partial charge >= 0.3 is 12.0 Å². The molecule has 0 aromatic heterocycles. The van der Waals surface area contributed by atoms with Crippen molar-refractivity contribution >= 4 is 12.0 Å². The highest BCUT2D eigenvalue weighted by atomic mass is 16.4. The lowest BCUT2D eigenvalue weighted by atomic mass is 9.85. The summed E-state index contributed by atoms with van der Waals surface area (Å²) in [5.74, 6) is -0.816. The number of hydrogen-bond acceptors (Lipinski definition) is 4. The summed E-state index contributed by atoms with van der Waals surface area (Å²) in [6.07, 6.45) is 5.83. The minimum atomic E-state index is -0.816. The molecule has 2 amide bonds. The number of nitrogens with zero attached hydrogens (tertiary/aromatic N) is 1. The van der Waals surface area contributed by atoms with Crippen molar-refractivity contribution < 1.29 is 19.8 Å². The van der Waals surface area contributed by atoms with Gasteiger partial charge in [-0.3, -0.25) is 9.69 Å². The van der Waals surface area contributed by atoms with Crippen LogP contribution in [-0.2, 0) is 4.79 Å². The first-order valence-corrected chi connectivity index (χ1v) is 8.70. The van der Waals surface area contributed by atoms with Gasteiger partial charge in [0.05, 0.1) is 18.7 Å². The van der Waals surface area contributed by atoms with Gasteiger partial charge in [0, 0.05) is 12.1 Å². The molecule has 0 radical (unpaired) electrons. The van der Waals surface area contributed by atoms with E-state index in [0.29, 0.717) is 6.54 Å². The van der Waals surface area contributed by atoms with E-state index in [9.17, 15) is 14.7 Å². The summed E-state index contributed by atoms with van der Waals surface area (Å²) in [7, 11) is 0. The summed E-state index contributed by atoms with van der Waals surface area (Å²) in [4.78, 5) is 24.8. The average Bonchev–Trinajstić information content (AvgIpc) is 2.65. The lowest BCUT2D eigenvalue weighted by Crippen LogP contribution is -2.57. The van der Waals surface area contributed by atoms with Crippen molar-refractivity contribution in [3.63, 3.8) is 0 Å². The lowest BCUT2D eigenvalue weighted by Gasteiger charge is -2.42. The summed E-state index contributed by atoms with van der Waals surface area (Å²) in [6, 6.07) is -0.0659. The molecule has 0 aliphatic heterocycles. The first kappa shape index (κ1) is 18.0. The van der Waals surface area contributed by atoms with E-state index in [1.54, 1.807) is 0 Å². The molecular formula is C16H29N3O4. The van der Waals surface area contributed by atoms with Gasteiger partial charge in [0.25, 0.3) is 0 Å². The molecular weight excluding hydrogens is 298 g/mol. The van der Waals surface area contributed by atoms with Crippen molar-refractivity contribution in [2.75, 3.05) is 13.1 Å². The van der Waals surface area contributed by atoms with Gasteiger partial charge in [0.2, 0.25) is 0 Å². The third kappa shape index (κ3) is 5.35. The number of carboxylic acid groups (broad SMARTS) is 1. The topological polar surface area (TPSA) is 102 Å². The smallest absolute Gasteiger partial charge is 0.317 e. The Labute approximate surface area is 137 Å². The summed E-state index contributed by atoms with van der Waals surface area (Å²) >= 11 is 0. The van der Waals surface area contributed by atoms with Crippen molar-refractivity contribution in [1.29, 1.82) is 0 Å². The van der Waals surface area contributed by atoms with E-state index in [4.69, 9.17) is 5.11 Å². The van der Waals surface area contributed by atoms with Gasteiger partial charge in [-0.2, -0.15) is 0 Å². The van der Waals surface area contributed by atoms with Gasteiger partial charge in [-0.25, -0.2) is 4.79 Å². The molecule has 0 saturated heterocycles. The van der Waals surface area contributed by atoms with E-state index in [0.717, 1.165) is 44.9 Å². The summed E-state index contributed by atoms with van der Waals surface area (Å²) in [5.41, 5.74) is 0. The molecule has 132 valence electrons. The largest absolute Gasteiger partial charge is 0.480 e. The van der Waals surface area contributed by atoms with Gasteiger partial charge in [-0.1, -0.05) is 26.2 Å². The molecule has 0 aromatic rings. The Morgan fingerprint density at radius 3 is 2.48 bits per heavy atom. The van der Waals surface area contributed by atoms with E-state index < -0.39 is 12.1 Å². The molecule has 0 heterocycles. The Bertz CT molecular complexity index is 412. The molecule has 2 fully saturated rings. The van der Waals surface area contributed by atoms with Crippen LogP contribution in [0.15, 0.2) is 0 Å². The number of likely N-dealkylation sites (N-methyl/N-ethyl adjacent to an activating group) is 1. The molecule has 2 rings (SSSR count). The zero-order valence-corrected chi connectivity index (χ0v) is 13.8. The third-order valence-corrected chi connectivity index (χ3v) is 5.01. The Hall–Kier alpha value is -1.34. The lowest BCUT2D eigenvalue weighted by molar-refractivity contribution is -0.139. The Balaban J connectivity index is 1.70. The molecule has 0 spiro atoms. The highest BCUT2D eigenvalue weighted by molar-refractivity contribution is 5.74. The normalized spacial score (nSPS) is 31.1. The van der Waals surface area contributed by atoms with Crippen LogP contribution in [0.2, 0.25) is 0 Å². The molecule has 0 aromatic carbocycles. The van der Waals surface area contributed by atoms with Crippen molar-refractivity contribution in [1.82, 2.24) is 15.5 Å². The number of carbonyl (C=O) groups excluding carboxylic acids is 1. The average molecular weight is 327 g/mol. The van der Waals surface area contributed by atoms with E-state index in [2.05, 4.69) is 10.6 Å². The maximum Gasteiger partial charge on any atom is 0.317 e. The van der Waals surface area contributed by atoms with Gasteiger partial charge in [0.1, 0.15) is 0 Å². The van der Waals surface area contributed by atoms with Crippen molar-refractivity contribution in [3.05, 3.63) is 0 Å². The first-order valence-electron chi connectivity index (χ1n) is 8.70. The SMILES string of the molecule is CCN(CC(=O)O)C1CC(NC(=O)N[C@@H]2CCCCC[C@H]2O)C1. The summed E-state index contributed by atoms with van der Waals surface area (Å²) < 4.78 is 0. The standard InChI is InChI=1S/C16H29N3O4/c1-2-19(10-15(21)22)12-8-11(9-12)17-16(23)18-13-6-4-3-5-7-14(13)20/h11-14,20H,2-10H2,1H3,(H,21,22)(H2,17,18,23)/t11?,12?,13-,14-/m1/s1. The van der Waals surface area contributed by atoms with Crippen LogP contribution in [0.1, 0.15) is 51.9 Å². The maximum absolute atomic E-state index is 12.1. The van der Waals surface area contributed by atoms with Crippen molar-refractivity contribution in [2.45, 2.75) is 76.1 Å². The first-order chi connectivity index (χ1) is 11.0. The number of carboxylic acids is 1. The molecule has 0 unspecified atom stereocenters. The summed E-state index contributed by atoms with van der Waals surface area (Å²) in [6.45, 7) is 2.70. The fourth-order valence-electron chi connectivity index (χ4n) is 3.53. The zero-order valence-electron chi connectivity index (χ0n) is 13.8. The van der Waals surface area contributed by atoms with Crippen LogP contribution in [-0.4, -0.2) is 64.4 Å². The number of aliphatic hydroxyl groups excluding tert-OH is 1. The van der Waals surface area contributed by atoms with Gasteiger partial charge in [-0.05, 0) is 32.2 Å². The molecule has 2 saturated carbocycles. The number of amides is 2. The monoisotopic (exact) mass is 327 g/mol. The second kappa shape index (κ2) is 8.49. The fraction of sp³-hybridized carbons (Fsp3) is 0.875. The van der Waals surface area contributed by atoms with Crippen LogP contribution in [0.4, 0.5) is 4.79 Å². The number of nitrogens with one attached hydrogen (secondary N) is 2. The van der Waals surface area contributed by atoms with E-state index in [1.807, 2.05) is 11.8 Å². The van der Waals surface area contributed by atoms with Crippen LogP contribution in [0.3, 0.4) is 0 Å². The van der Waals surface area contributed by atoms with Crippen LogP contribution < -0.4 is 10.6 Å². The Kier molecular flexibility index (Phi) is 6.65. The molecule has 23 heavy (non-hydrogen) atoms. The van der Waals surface area contributed by atoms with E-state index in [-0.39, 0.29) is 30.7 Å². The third-order valence-electron chi connectivity index (χ3n) is 5.01. The van der Waals surface area contributed by atoms with Crippen LogP contribution in [0, 0.1) is 0 Å². The highest BCUT2D eigenvalue weighted by Gasteiger charge is 2.35. The van der Waals surface area contributed by atoms with Crippen molar-refractivity contribution in [2.24, 2.45) is 0 Å². The minimum Gasteiger partial charge on any atom is -0.480 e. The van der Waals surface area contributed by atoms with Crippen LogP contribution >= 0.6 is 0 Å². The zero-order chi connectivity index (χ0) is 16.8. The summed E-state index contributed by atoms with van der Waals surface area (Å²) in [5, 5.41) is 24.7. The predicted octanol–water partition coefficient (Wildman–Crippen LogP) is 0.917. The van der Waals surface area contributed by atoms with Gasteiger partial charge in [0.15, 0.2) is 0 Å². The highest BCUT2D eigenvalue weighted by Crippen LogP contribution is 2.25. The molecule has 7 nitrogen and oxygen atoms in total. The fourth-order valence-corrected chi connectivity index (χ4v) is 3.53. The van der Waals surface area contributed by atoms with Crippen LogP contribution in [0.5, 0.6) is 0 Å². The van der Waals surface area contributed by atoms with E-state index >= 15 is 0 Å². The number of aliphatic carboxylic acids is 1. The molecule has 4 N–H and O–H groups in total.